The second-order valence-electron chi connectivity index (χ2n) is 5.46. The predicted octanol–water partition coefficient (Wildman–Crippen LogP) is 2.77. The van der Waals surface area contributed by atoms with E-state index in [1.807, 2.05) is 0 Å². The van der Waals surface area contributed by atoms with E-state index in [1.54, 1.807) is 13.8 Å². The van der Waals surface area contributed by atoms with Crippen LogP contribution in [0.4, 0.5) is 0 Å². The van der Waals surface area contributed by atoms with E-state index in [2.05, 4.69) is 25.8 Å². The molecular formula is C13H21BrN2O3S. The van der Waals surface area contributed by atoms with Crippen LogP contribution >= 0.6 is 15.9 Å². The maximum Gasteiger partial charge on any atom is 0.245 e. The van der Waals surface area contributed by atoms with Crippen LogP contribution in [0, 0.1) is 25.7 Å². The first-order valence-corrected chi connectivity index (χ1v) is 9.54. The molecule has 0 spiro atoms. The van der Waals surface area contributed by atoms with Gasteiger partial charge in [0.2, 0.25) is 10.0 Å². The summed E-state index contributed by atoms with van der Waals surface area (Å²) < 4.78 is 32.4. The van der Waals surface area contributed by atoms with Crippen molar-refractivity contribution in [1.29, 1.82) is 0 Å². The average Bonchev–Trinajstić information content (AvgIpc) is 2.77. The zero-order chi connectivity index (χ0) is 14.8. The highest BCUT2D eigenvalue weighted by Crippen LogP contribution is 2.31. The lowest BCUT2D eigenvalue weighted by molar-refractivity contribution is 0.263. The summed E-state index contributed by atoms with van der Waals surface area (Å²) >= 11 is 3.53. The first-order chi connectivity index (χ1) is 9.45. The normalized spacial score (nSPS) is 23.9. The van der Waals surface area contributed by atoms with Gasteiger partial charge in [-0.25, -0.2) is 13.1 Å². The number of aryl methyl sites for hydroxylation is 2. The van der Waals surface area contributed by atoms with Crippen molar-refractivity contribution in [2.24, 2.45) is 11.8 Å². The van der Waals surface area contributed by atoms with E-state index in [9.17, 15) is 8.42 Å². The van der Waals surface area contributed by atoms with E-state index in [0.717, 1.165) is 11.8 Å². The fourth-order valence-electron chi connectivity index (χ4n) is 2.90. The highest BCUT2D eigenvalue weighted by Gasteiger charge is 2.28. The van der Waals surface area contributed by atoms with Crippen LogP contribution in [0.5, 0.6) is 0 Å². The number of sulfonamides is 1. The Bertz CT molecular complexity index is 536. The standard InChI is InChI=1S/C13H21BrN2O3S/c1-9-13(10(2)19-16-9)20(17,18)15-8-12-6-4-3-5-11(12)7-14/h11-12,15H,3-8H2,1-2H3. The zero-order valence-corrected chi connectivity index (χ0v) is 14.3. The Kier molecular flexibility index (Phi) is 5.25. The molecule has 2 atom stereocenters. The minimum Gasteiger partial charge on any atom is -0.360 e. The Labute approximate surface area is 128 Å². The third-order valence-electron chi connectivity index (χ3n) is 4.04. The molecule has 2 unspecified atom stereocenters. The molecule has 1 N–H and O–H groups in total. The number of hydrogen-bond acceptors (Lipinski definition) is 4. The molecule has 0 amide bonds. The Hall–Kier alpha value is -0.400. The van der Waals surface area contributed by atoms with Crippen LogP contribution < -0.4 is 4.72 Å². The second-order valence-corrected chi connectivity index (χ2v) is 7.82. The highest BCUT2D eigenvalue weighted by atomic mass is 79.9. The van der Waals surface area contributed by atoms with Gasteiger partial charge in [0.25, 0.3) is 0 Å². The van der Waals surface area contributed by atoms with Gasteiger partial charge in [-0.15, -0.1) is 0 Å². The van der Waals surface area contributed by atoms with E-state index in [0.29, 0.717) is 29.8 Å². The first kappa shape index (κ1) is 16.0. The largest absolute Gasteiger partial charge is 0.360 e. The smallest absolute Gasteiger partial charge is 0.245 e. The fourth-order valence-corrected chi connectivity index (χ4v) is 5.18. The molecule has 1 saturated carbocycles. The third-order valence-corrected chi connectivity index (χ3v) is 6.54. The number of hydrogen-bond donors (Lipinski definition) is 1. The molecule has 0 aromatic carbocycles. The molecule has 1 heterocycles. The van der Waals surface area contributed by atoms with E-state index < -0.39 is 10.0 Å². The number of rotatable bonds is 5. The summed E-state index contributed by atoms with van der Waals surface area (Å²) in [7, 11) is -3.53. The van der Waals surface area contributed by atoms with Gasteiger partial charge >= 0.3 is 0 Å². The summed E-state index contributed by atoms with van der Waals surface area (Å²) in [6.45, 7) is 3.76. The number of aromatic nitrogens is 1. The quantitative estimate of drug-likeness (QED) is 0.815. The summed E-state index contributed by atoms with van der Waals surface area (Å²) in [6.07, 6.45) is 4.67. The van der Waals surface area contributed by atoms with Gasteiger partial charge in [-0.3, -0.25) is 0 Å². The van der Waals surface area contributed by atoms with Crippen molar-refractivity contribution in [2.45, 2.75) is 44.4 Å². The molecule has 1 aromatic rings. The summed E-state index contributed by atoms with van der Waals surface area (Å²) in [4.78, 5) is 0.184. The molecule has 1 aliphatic carbocycles. The Morgan fingerprint density at radius 2 is 1.95 bits per heavy atom. The van der Waals surface area contributed by atoms with Gasteiger partial charge in [0.15, 0.2) is 5.76 Å². The molecule has 20 heavy (non-hydrogen) atoms. The summed E-state index contributed by atoms with van der Waals surface area (Å²) in [5, 5.41) is 4.64. The number of halogens is 1. The number of nitrogens with zero attached hydrogens (tertiary/aromatic N) is 1. The van der Waals surface area contributed by atoms with Crippen LogP contribution in [0.1, 0.15) is 37.1 Å². The lowest BCUT2D eigenvalue weighted by Gasteiger charge is -2.30. The first-order valence-electron chi connectivity index (χ1n) is 6.94. The SMILES string of the molecule is Cc1noc(C)c1S(=O)(=O)NCC1CCCCC1CBr. The van der Waals surface area contributed by atoms with Crippen LogP contribution in [0.25, 0.3) is 0 Å². The second kappa shape index (κ2) is 6.58. The maximum atomic E-state index is 12.3. The topological polar surface area (TPSA) is 72.2 Å². The van der Waals surface area contributed by atoms with Crippen molar-refractivity contribution in [2.75, 3.05) is 11.9 Å². The fraction of sp³-hybridized carbons (Fsp3) is 0.769. The molecule has 5 nitrogen and oxygen atoms in total. The van der Waals surface area contributed by atoms with Crippen molar-refractivity contribution in [3.05, 3.63) is 11.5 Å². The molecule has 0 radical (unpaired) electrons. The Morgan fingerprint density at radius 1 is 1.30 bits per heavy atom. The van der Waals surface area contributed by atoms with Gasteiger partial charge < -0.3 is 4.52 Å². The van der Waals surface area contributed by atoms with Crippen LogP contribution in [-0.4, -0.2) is 25.4 Å². The van der Waals surface area contributed by atoms with Crippen molar-refractivity contribution in [3.63, 3.8) is 0 Å². The summed E-state index contributed by atoms with van der Waals surface area (Å²) in [5.41, 5.74) is 0.413. The lowest BCUT2D eigenvalue weighted by atomic mass is 9.80. The molecule has 0 saturated heterocycles. The van der Waals surface area contributed by atoms with Crippen LogP contribution in [-0.2, 0) is 10.0 Å². The predicted molar refractivity (Wildman–Crippen MR) is 80.4 cm³/mol. The minimum absolute atomic E-state index is 0.184. The molecule has 0 aliphatic heterocycles. The zero-order valence-electron chi connectivity index (χ0n) is 11.9. The van der Waals surface area contributed by atoms with Gasteiger partial charge in [0.05, 0.1) is 0 Å². The lowest BCUT2D eigenvalue weighted by Crippen LogP contribution is -2.35. The van der Waals surface area contributed by atoms with Gasteiger partial charge in [-0.1, -0.05) is 33.9 Å². The highest BCUT2D eigenvalue weighted by molar-refractivity contribution is 9.09. The summed E-state index contributed by atoms with van der Waals surface area (Å²) in [6, 6.07) is 0. The maximum absolute atomic E-state index is 12.3. The van der Waals surface area contributed by atoms with Crippen molar-refractivity contribution in [1.82, 2.24) is 9.88 Å². The number of alkyl halides is 1. The van der Waals surface area contributed by atoms with Crippen LogP contribution in [0.2, 0.25) is 0 Å². The van der Waals surface area contributed by atoms with Crippen LogP contribution in [0.3, 0.4) is 0 Å². The molecule has 114 valence electrons. The molecule has 1 aromatic heterocycles. The Balaban J connectivity index is 2.06. The van der Waals surface area contributed by atoms with Gasteiger partial charge in [0.1, 0.15) is 10.6 Å². The van der Waals surface area contributed by atoms with E-state index in [4.69, 9.17) is 4.52 Å². The number of nitrogens with one attached hydrogen (secondary N) is 1. The monoisotopic (exact) mass is 364 g/mol. The summed E-state index contributed by atoms with van der Waals surface area (Å²) in [5.74, 6) is 1.30. The molecule has 0 bridgehead atoms. The Morgan fingerprint density at radius 3 is 2.50 bits per heavy atom. The molecule has 1 aliphatic rings. The van der Waals surface area contributed by atoms with E-state index in [1.165, 1.54) is 19.3 Å². The van der Waals surface area contributed by atoms with Crippen molar-refractivity contribution in [3.8, 4) is 0 Å². The molecule has 2 rings (SSSR count). The molecular weight excluding hydrogens is 344 g/mol. The van der Waals surface area contributed by atoms with E-state index >= 15 is 0 Å². The molecule has 7 heteroatoms. The van der Waals surface area contributed by atoms with Crippen LogP contribution in [0.15, 0.2) is 9.42 Å². The van der Waals surface area contributed by atoms with Gasteiger partial charge in [-0.2, -0.15) is 0 Å². The third kappa shape index (κ3) is 3.43. The van der Waals surface area contributed by atoms with E-state index in [-0.39, 0.29) is 4.90 Å². The van der Waals surface area contributed by atoms with Crippen molar-refractivity contribution >= 4 is 26.0 Å². The van der Waals surface area contributed by atoms with Crippen molar-refractivity contribution < 1.29 is 12.9 Å². The minimum atomic E-state index is -3.53. The molecule has 1 fully saturated rings. The van der Waals surface area contributed by atoms with Gasteiger partial charge in [-0.05, 0) is 38.5 Å². The van der Waals surface area contributed by atoms with Gasteiger partial charge in [0, 0.05) is 11.9 Å². The average molecular weight is 365 g/mol.